The van der Waals surface area contributed by atoms with Crippen molar-refractivity contribution in [3.63, 3.8) is 0 Å². The molecule has 1 aromatic rings. The number of aliphatic hydroxyl groups is 1. The molecular weight excluding hydrogens is 276 g/mol. The highest BCUT2D eigenvalue weighted by Gasteiger charge is 2.70. The second-order valence-corrected chi connectivity index (χ2v) is 7.46. The maximum atomic E-state index is 13.2. The minimum absolute atomic E-state index is 0.133. The largest absolute Gasteiger partial charge is 0.396 e. The molecule has 0 radical (unpaired) electrons. The third-order valence-corrected chi connectivity index (χ3v) is 6.84. The van der Waals surface area contributed by atoms with Crippen LogP contribution in [-0.4, -0.2) is 47.1 Å². The Balaban J connectivity index is 1.82. The van der Waals surface area contributed by atoms with Crippen molar-refractivity contribution in [2.45, 2.75) is 42.7 Å². The summed E-state index contributed by atoms with van der Waals surface area (Å²) in [6.45, 7) is 2.29. The molecule has 116 valence electrons. The van der Waals surface area contributed by atoms with E-state index in [0.717, 1.165) is 38.0 Å². The summed E-state index contributed by atoms with van der Waals surface area (Å²) in [6, 6.07) is 8.57. The summed E-state index contributed by atoms with van der Waals surface area (Å²) in [5, 5.41) is 13.5. The maximum Gasteiger partial charge on any atom is 0.145 e. The fourth-order valence-electron chi connectivity index (χ4n) is 6.11. The Morgan fingerprint density at radius 1 is 1.32 bits per heavy atom. The zero-order chi connectivity index (χ0) is 14.9. The fraction of sp³-hybridized carbons (Fsp3) is 0.611. The highest BCUT2D eigenvalue weighted by atomic mass is 16.3. The van der Waals surface area contributed by atoms with E-state index in [1.54, 1.807) is 0 Å². The molecule has 1 aromatic carbocycles. The summed E-state index contributed by atoms with van der Waals surface area (Å²) in [7, 11) is 0. The average molecular weight is 298 g/mol. The number of Topliss-reactive ketones (excluding diaryl/α,β-unsaturated/α-hetero) is 1. The van der Waals surface area contributed by atoms with E-state index in [1.165, 1.54) is 5.56 Å². The minimum atomic E-state index is -0.339. The van der Waals surface area contributed by atoms with Crippen LogP contribution in [0, 0.1) is 5.92 Å². The molecule has 2 N–H and O–H groups in total. The second-order valence-electron chi connectivity index (χ2n) is 7.46. The van der Waals surface area contributed by atoms with Gasteiger partial charge < -0.3 is 10.4 Å². The number of rotatable bonds is 2. The molecule has 5 rings (SSSR count). The molecule has 1 unspecified atom stereocenters. The highest BCUT2D eigenvalue weighted by molar-refractivity contribution is 5.97. The van der Waals surface area contributed by atoms with Crippen molar-refractivity contribution in [1.29, 1.82) is 0 Å². The van der Waals surface area contributed by atoms with Crippen molar-refractivity contribution in [1.82, 2.24) is 4.90 Å². The van der Waals surface area contributed by atoms with Gasteiger partial charge >= 0.3 is 0 Å². The SMILES string of the molecule is O=C1CC2CCN3CC[C@@]14c1ccccc1N[C@]2(CCO)[C@H]34. The lowest BCUT2D eigenvalue weighted by Crippen LogP contribution is -2.75. The molecule has 0 amide bonds. The second kappa shape index (κ2) is 4.12. The first-order chi connectivity index (χ1) is 10.7. The lowest BCUT2D eigenvalue weighted by Gasteiger charge is -2.63. The van der Waals surface area contributed by atoms with Gasteiger partial charge in [-0.3, -0.25) is 9.69 Å². The van der Waals surface area contributed by atoms with Crippen LogP contribution >= 0.6 is 0 Å². The molecule has 4 aliphatic rings. The van der Waals surface area contributed by atoms with Gasteiger partial charge in [0.25, 0.3) is 0 Å². The van der Waals surface area contributed by atoms with Crippen LogP contribution in [-0.2, 0) is 10.2 Å². The van der Waals surface area contributed by atoms with Crippen molar-refractivity contribution < 1.29 is 9.90 Å². The van der Waals surface area contributed by atoms with Gasteiger partial charge in [-0.05, 0) is 49.9 Å². The van der Waals surface area contributed by atoms with Crippen LogP contribution in [0.5, 0.6) is 0 Å². The molecule has 1 aliphatic carbocycles. The molecule has 1 saturated carbocycles. The molecule has 22 heavy (non-hydrogen) atoms. The number of carbonyl (C=O) groups is 1. The number of piperidine rings is 1. The number of aliphatic hydroxyl groups excluding tert-OH is 1. The summed E-state index contributed by atoms with van der Waals surface area (Å²) >= 11 is 0. The first-order valence-electron chi connectivity index (χ1n) is 8.48. The lowest BCUT2D eigenvalue weighted by molar-refractivity contribution is -0.137. The predicted molar refractivity (Wildman–Crippen MR) is 83.9 cm³/mol. The van der Waals surface area contributed by atoms with Crippen LogP contribution in [0.1, 0.15) is 31.2 Å². The third kappa shape index (κ3) is 1.26. The molecule has 4 bridgehead atoms. The predicted octanol–water partition coefficient (Wildman–Crippen LogP) is 1.54. The molecule has 3 aliphatic heterocycles. The number of nitrogens with one attached hydrogen (secondary N) is 1. The summed E-state index contributed by atoms with van der Waals surface area (Å²) < 4.78 is 0. The van der Waals surface area contributed by atoms with E-state index in [4.69, 9.17) is 0 Å². The van der Waals surface area contributed by atoms with Gasteiger partial charge in [-0.2, -0.15) is 0 Å². The van der Waals surface area contributed by atoms with Gasteiger partial charge in [0.15, 0.2) is 0 Å². The number of nitrogens with zero attached hydrogens (tertiary/aromatic N) is 1. The summed E-state index contributed by atoms with van der Waals surface area (Å²) in [4.78, 5) is 15.7. The summed E-state index contributed by atoms with van der Waals surface area (Å²) in [5.74, 6) is 0.792. The van der Waals surface area contributed by atoms with Gasteiger partial charge in [-0.15, -0.1) is 0 Å². The molecule has 0 aromatic heterocycles. The van der Waals surface area contributed by atoms with Gasteiger partial charge in [0.2, 0.25) is 0 Å². The number of carbonyl (C=O) groups excluding carboxylic acids is 1. The number of ketones is 1. The van der Waals surface area contributed by atoms with Crippen LogP contribution in [0.4, 0.5) is 5.69 Å². The molecular formula is C18H22N2O2. The van der Waals surface area contributed by atoms with E-state index in [9.17, 15) is 9.90 Å². The van der Waals surface area contributed by atoms with Crippen molar-refractivity contribution in [3.05, 3.63) is 29.8 Å². The van der Waals surface area contributed by atoms with E-state index in [-0.39, 0.29) is 23.6 Å². The van der Waals surface area contributed by atoms with Crippen molar-refractivity contribution in [2.75, 3.05) is 25.0 Å². The van der Waals surface area contributed by atoms with Crippen molar-refractivity contribution in [2.24, 2.45) is 5.92 Å². The van der Waals surface area contributed by atoms with Gasteiger partial charge in [-0.1, -0.05) is 18.2 Å². The molecule has 3 fully saturated rings. The van der Waals surface area contributed by atoms with E-state index < -0.39 is 0 Å². The Hall–Kier alpha value is -1.39. The van der Waals surface area contributed by atoms with Gasteiger partial charge in [-0.25, -0.2) is 0 Å². The van der Waals surface area contributed by atoms with Crippen molar-refractivity contribution in [3.8, 4) is 0 Å². The quantitative estimate of drug-likeness (QED) is 0.869. The van der Waals surface area contributed by atoms with Gasteiger partial charge in [0.05, 0.1) is 11.0 Å². The van der Waals surface area contributed by atoms with E-state index >= 15 is 0 Å². The highest BCUT2D eigenvalue weighted by Crippen LogP contribution is 2.61. The standard InChI is InChI=1S/C18H22N2O2/c21-10-7-18-12-5-8-20-9-6-17(16(18)20,15(22)11-12)13-3-1-2-4-14(13)19-18/h1-4,12,16,19,21H,5-11H2/t12?,16-,17-,18+/m1/s1. The van der Waals surface area contributed by atoms with Gasteiger partial charge in [0, 0.05) is 24.8 Å². The topological polar surface area (TPSA) is 52.6 Å². The number of benzene rings is 1. The maximum absolute atomic E-state index is 13.2. The molecule has 4 nitrogen and oxygen atoms in total. The van der Waals surface area contributed by atoms with Crippen LogP contribution in [0.15, 0.2) is 24.3 Å². The number of fused-ring (bicyclic) bond motifs is 1. The Bertz CT molecular complexity index is 660. The Morgan fingerprint density at radius 3 is 3.05 bits per heavy atom. The zero-order valence-electron chi connectivity index (χ0n) is 12.7. The number of hydrogen-bond acceptors (Lipinski definition) is 4. The normalized spacial score (nSPS) is 42.0. The molecule has 4 atom stereocenters. The van der Waals surface area contributed by atoms with E-state index in [0.29, 0.717) is 18.1 Å². The lowest BCUT2D eigenvalue weighted by atomic mass is 9.50. The third-order valence-electron chi connectivity index (χ3n) is 6.84. The molecule has 4 heteroatoms. The number of hydrogen-bond donors (Lipinski definition) is 2. The summed E-state index contributed by atoms with van der Waals surface area (Å²) in [6.07, 6.45) is 3.41. The smallest absolute Gasteiger partial charge is 0.145 e. The Kier molecular flexibility index (Phi) is 2.45. The average Bonchev–Trinajstić information content (AvgIpc) is 2.94. The fourth-order valence-corrected chi connectivity index (χ4v) is 6.11. The van der Waals surface area contributed by atoms with Crippen LogP contribution in [0.3, 0.4) is 0 Å². The molecule has 0 spiro atoms. The monoisotopic (exact) mass is 298 g/mol. The minimum Gasteiger partial charge on any atom is -0.396 e. The Labute approximate surface area is 130 Å². The molecule has 3 heterocycles. The van der Waals surface area contributed by atoms with Crippen molar-refractivity contribution >= 4 is 11.5 Å². The van der Waals surface area contributed by atoms with Gasteiger partial charge in [0.1, 0.15) is 5.78 Å². The van der Waals surface area contributed by atoms with Crippen LogP contribution < -0.4 is 5.32 Å². The first kappa shape index (κ1) is 13.1. The number of para-hydroxylation sites is 1. The Morgan fingerprint density at radius 2 is 2.18 bits per heavy atom. The van der Waals surface area contributed by atoms with Crippen LogP contribution in [0.25, 0.3) is 0 Å². The van der Waals surface area contributed by atoms with E-state index in [1.807, 2.05) is 6.07 Å². The number of anilines is 1. The summed E-state index contributed by atoms with van der Waals surface area (Å²) in [5.41, 5.74) is 1.84. The first-order valence-corrected chi connectivity index (χ1v) is 8.48. The zero-order valence-corrected chi connectivity index (χ0v) is 12.7. The van der Waals surface area contributed by atoms with Crippen LogP contribution in [0.2, 0.25) is 0 Å². The van der Waals surface area contributed by atoms with E-state index in [2.05, 4.69) is 28.4 Å². The molecule has 2 saturated heterocycles.